The molecule has 0 amide bonds. The molecule has 4 heteroatoms. The summed E-state index contributed by atoms with van der Waals surface area (Å²) < 4.78 is 0. The molecule has 1 aromatic carbocycles. The van der Waals surface area contributed by atoms with Crippen molar-refractivity contribution in [3.8, 4) is 0 Å². The molecule has 0 aromatic heterocycles. The molecule has 1 saturated heterocycles. The number of hydrogen-bond acceptors (Lipinski definition) is 3. The third-order valence-corrected chi connectivity index (χ3v) is 4.12. The number of piperazine rings is 1. The molecular formula is C16H24N2O2. The fourth-order valence-electron chi connectivity index (χ4n) is 2.64. The zero-order chi connectivity index (χ0) is 14.5. The lowest BCUT2D eigenvalue weighted by molar-refractivity contribution is -0.144. The molecule has 1 N–H and O–H groups in total. The maximum Gasteiger partial charge on any atom is 0.321 e. The van der Waals surface area contributed by atoms with E-state index >= 15 is 0 Å². The average molecular weight is 276 g/mol. The molecule has 0 saturated carbocycles. The van der Waals surface area contributed by atoms with Crippen LogP contribution in [0.25, 0.3) is 0 Å². The Bertz CT molecular complexity index is 436. The van der Waals surface area contributed by atoms with Crippen molar-refractivity contribution in [2.75, 3.05) is 33.2 Å². The van der Waals surface area contributed by atoms with Crippen LogP contribution in [-0.4, -0.2) is 60.1 Å². The predicted molar refractivity (Wildman–Crippen MR) is 80.0 cm³/mol. The number of hydrogen-bond donors (Lipinski definition) is 1. The second kappa shape index (κ2) is 6.86. The number of carboxylic acid groups (broad SMARTS) is 1. The minimum absolute atomic E-state index is 0.406. The van der Waals surface area contributed by atoms with Gasteiger partial charge >= 0.3 is 5.97 Å². The van der Waals surface area contributed by atoms with Crippen LogP contribution in [0.1, 0.15) is 18.1 Å². The van der Waals surface area contributed by atoms with E-state index in [1.54, 1.807) is 0 Å². The highest BCUT2D eigenvalue weighted by Gasteiger charge is 2.28. The first kappa shape index (κ1) is 15.0. The van der Waals surface area contributed by atoms with Crippen molar-refractivity contribution in [3.63, 3.8) is 0 Å². The second-order valence-corrected chi connectivity index (χ2v) is 5.57. The first-order valence-corrected chi connectivity index (χ1v) is 7.33. The summed E-state index contributed by atoms with van der Waals surface area (Å²) in [5.74, 6) is -0.714. The molecule has 0 unspecified atom stereocenters. The summed E-state index contributed by atoms with van der Waals surface area (Å²) in [6.07, 6.45) is 1.60. The van der Waals surface area contributed by atoms with Gasteiger partial charge in [0.25, 0.3) is 0 Å². The van der Waals surface area contributed by atoms with Gasteiger partial charge < -0.3 is 10.0 Å². The van der Waals surface area contributed by atoms with Gasteiger partial charge in [-0.1, -0.05) is 31.2 Å². The zero-order valence-corrected chi connectivity index (χ0v) is 12.4. The van der Waals surface area contributed by atoms with Crippen molar-refractivity contribution in [2.24, 2.45) is 0 Å². The van der Waals surface area contributed by atoms with Crippen molar-refractivity contribution in [1.82, 2.24) is 9.80 Å². The number of carboxylic acids is 1. The van der Waals surface area contributed by atoms with Crippen LogP contribution in [0.3, 0.4) is 0 Å². The molecule has 2 rings (SSSR count). The van der Waals surface area contributed by atoms with Crippen molar-refractivity contribution in [3.05, 3.63) is 35.4 Å². The van der Waals surface area contributed by atoms with Crippen molar-refractivity contribution in [2.45, 2.75) is 25.8 Å². The van der Waals surface area contributed by atoms with E-state index in [-0.39, 0.29) is 0 Å². The van der Waals surface area contributed by atoms with Crippen molar-refractivity contribution >= 4 is 5.97 Å². The first-order chi connectivity index (χ1) is 9.60. The van der Waals surface area contributed by atoms with Gasteiger partial charge in [-0.25, -0.2) is 0 Å². The third kappa shape index (κ3) is 3.81. The van der Waals surface area contributed by atoms with Crippen molar-refractivity contribution < 1.29 is 9.90 Å². The number of benzene rings is 1. The molecule has 0 bridgehead atoms. The highest BCUT2D eigenvalue weighted by Crippen LogP contribution is 2.13. The number of aliphatic carboxylic acids is 1. The van der Waals surface area contributed by atoms with Crippen LogP contribution < -0.4 is 0 Å². The Hall–Kier alpha value is -1.39. The summed E-state index contributed by atoms with van der Waals surface area (Å²) in [4.78, 5) is 15.9. The first-order valence-electron chi connectivity index (χ1n) is 7.33. The topological polar surface area (TPSA) is 43.8 Å². The van der Waals surface area contributed by atoms with E-state index in [0.717, 1.165) is 38.2 Å². The summed E-state index contributed by atoms with van der Waals surface area (Å²) >= 11 is 0. The monoisotopic (exact) mass is 276 g/mol. The number of rotatable bonds is 5. The fraction of sp³-hybridized carbons (Fsp3) is 0.562. The van der Waals surface area contributed by atoms with E-state index in [0.29, 0.717) is 6.42 Å². The summed E-state index contributed by atoms with van der Waals surface area (Å²) in [6, 6.07) is 7.91. The lowest BCUT2D eigenvalue weighted by atomic mass is 10.0. The minimum atomic E-state index is -0.714. The van der Waals surface area contributed by atoms with Gasteiger partial charge in [0.05, 0.1) is 0 Å². The molecule has 0 radical (unpaired) electrons. The zero-order valence-electron chi connectivity index (χ0n) is 12.4. The van der Waals surface area contributed by atoms with Gasteiger partial charge in [0.2, 0.25) is 0 Å². The minimum Gasteiger partial charge on any atom is -0.480 e. The van der Waals surface area contributed by atoms with E-state index in [1.807, 2.05) is 0 Å². The SMILES string of the molecule is CCc1ccc(C[C@H](C(=O)O)N2CCN(C)CC2)cc1. The Labute approximate surface area is 121 Å². The smallest absolute Gasteiger partial charge is 0.321 e. The van der Waals surface area contributed by atoms with Gasteiger partial charge in [-0.15, -0.1) is 0 Å². The molecule has 1 fully saturated rings. The van der Waals surface area contributed by atoms with Gasteiger partial charge in [-0.2, -0.15) is 0 Å². The molecule has 1 aliphatic heterocycles. The Morgan fingerprint density at radius 1 is 1.15 bits per heavy atom. The lowest BCUT2D eigenvalue weighted by Crippen LogP contribution is -2.52. The van der Waals surface area contributed by atoms with Crippen LogP contribution in [0.4, 0.5) is 0 Å². The maximum atomic E-state index is 11.6. The molecule has 0 aliphatic carbocycles. The molecule has 1 aliphatic rings. The summed E-state index contributed by atoms with van der Waals surface area (Å²) in [5.41, 5.74) is 2.40. The van der Waals surface area contributed by atoms with Gasteiger partial charge in [0.1, 0.15) is 6.04 Å². The quantitative estimate of drug-likeness (QED) is 0.885. The summed E-state index contributed by atoms with van der Waals surface area (Å²) in [5, 5.41) is 9.50. The van der Waals surface area contributed by atoms with E-state index in [2.05, 4.69) is 48.0 Å². The van der Waals surface area contributed by atoms with Crippen LogP contribution in [-0.2, 0) is 17.6 Å². The fourth-order valence-corrected chi connectivity index (χ4v) is 2.64. The third-order valence-electron chi connectivity index (χ3n) is 4.12. The molecule has 1 aromatic rings. The van der Waals surface area contributed by atoms with Crippen LogP contribution in [0.2, 0.25) is 0 Å². The highest BCUT2D eigenvalue weighted by atomic mass is 16.4. The number of carbonyl (C=O) groups is 1. The van der Waals surface area contributed by atoms with Crippen LogP contribution in [0, 0.1) is 0 Å². The molecule has 1 heterocycles. The Balaban J connectivity index is 2.03. The summed E-state index contributed by atoms with van der Waals surface area (Å²) in [6.45, 7) is 5.68. The molecule has 20 heavy (non-hydrogen) atoms. The maximum absolute atomic E-state index is 11.6. The highest BCUT2D eigenvalue weighted by molar-refractivity contribution is 5.74. The largest absolute Gasteiger partial charge is 0.480 e. The van der Waals surface area contributed by atoms with E-state index in [9.17, 15) is 9.90 Å². The second-order valence-electron chi connectivity index (χ2n) is 5.57. The molecule has 110 valence electrons. The van der Waals surface area contributed by atoms with Crippen LogP contribution in [0.15, 0.2) is 24.3 Å². The predicted octanol–water partition coefficient (Wildman–Crippen LogP) is 1.49. The molecule has 0 spiro atoms. The molecular weight excluding hydrogens is 252 g/mol. The van der Waals surface area contributed by atoms with E-state index < -0.39 is 12.0 Å². The normalized spacial score (nSPS) is 18.9. The Kier molecular flexibility index (Phi) is 5.15. The summed E-state index contributed by atoms with van der Waals surface area (Å²) in [7, 11) is 2.08. The molecule has 1 atom stereocenters. The van der Waals surface area contributed by atoms with Gasteiger partial charge in [0, 0.05) is 26.2 Å². The van der Waals surface area contributed by atoms with Gasteiger partial charge in [0.15, 0.2) is 0 Å². The van der Waals surface area contributed by atoms with E-state index in [4.69, 9.17) is 0 Å². The lowest BCUT2D eigenvalue weighted by Gasteiger charge is -2.36. The van der Waals surface area contributed by atoms with Crippen LogP contribution >= 0.6 is 0 Å². The van der Waals surface area contributed by atoms with E-state index in [1.165, 1.54) is 5.56 Å². The van der Waals surface area contributed by atoms with Crippen molar-refractivity contribution in [1.29, 1.82) is 0 Å². The molecule has 4 nitrogen and oxygen atoms in total. The average Bonchev–Trinajstić information content (AvgIpc) is 2.46. The van der Waals surface area contributed by atoms with Gasteiger partial charge in [-0.05, 0) is 31.0 Å². The number of aryl methyl sites for hydroxylation is 1. The number of likely N-dealkylation sites (N-methyl/N-ethyl adjacent to an activating group) is 1. The standard InChI is InChI=1S/C16H24N2O2/c1-3-13-4-6-14(7-5-13)12-15(16(19)20)18-10-8-17(2)9-11-18/h4-7,15H,3,8-12H2,1-2H3,(H,19,20)/t15-/m1/s1. The van der Waals surface area contributed by atoms with Crippen LogP contribution in [0.5, 0.6) is 0 Å². The Morgan fingerprint density at radius 3 is 2.20 bits per heavy atom. The Morgan fingerprint density at radius 2 is 1.70 bits per heavy atom. The van der Waals surface area contributed by atoms with Gasteiger partial charge in [-0.3, -0.25) is 9.69 Å². The number of nitrogens with zero attached hydrogens (tertiary/aromatic N) is 2.